The molecule has 0 fully saturated rings. The van der Waals surface area contributed by atoms with E-state index in [1.54, 1.807) is 5.01 Å². The van der Waals surface area contributed by atoms with Crippen LogP contribution in [0, 0.1) is 0 Å². The average molecular weight is 546 g/mol. The molecule has 4 nitrogen and oxygen atoms in total. The van der Waals surface area contributed by atoms with Crippen molar-refractivity contribution >= 4 is 28.2 Å². The number of fused-ring (bicyclic) bond motifs is 1. The molecule has 0 bridgehead atoms. The zero-order chi connectivity index (χ0) is 28.5. The van der Waals surface area contributed by atoms with E-state index < -0.39 is 5.41 Å². The molecule has 6 aromatic rings. The molecule has 7 rings (SSSR count). The monoisotopic (exact) mass is 545 g/mol. The lowest BCUT2D eigenvalue weighted by Gasteiger charge is -2.32. The maximum absolute atomic E-state index is 15.0. The molecule has 2 heterocycles. The zero-order valence-corrected chi connectivity index (χ0v) is 23.4. The zero-order valence-electron chi connectivity index (χ0n) is 23.4. The van der Waals surface area contributed by atoms with Crippen LogP contribution in [0.2, 0.25) is 0 Å². The lowest BCUT2D eigenvalue weighted by Crippen LogP contribution is -2.46. The molecule has 42 heavy (non-hydrogen) atoms. The van der Waals surface area contributed by atoms with Crippen LogP contribution < -0.4 is 5.01 Å². The lowest BCUT2D eigenvalue weighted by molar-refractivity contribution is -0.121. The predicted octanol–water partition coefficient (Wildman–Crippen LogP) is 8.25. The highest BCUT2D eigenvalue weighted by molar-refractivity contribution is 6.25. The fraction of sp³-hybridized carbons (Fsp3) is 0.105. The smallest absolute Gasteiger partial charge is 0.264 e. The molecule has 1 atom stereocenters. The summed E-state index contributed by atoms with van der Waals surface area (Å²) in [4.78, 5) is 18.8. The summed E-state index contributed by atoms with van der Waals surface area (Å²) in [5, 5.41) is 7.63. The largest absolute Gasteiger partial charge is 0.357 e. The summed E-state index contributed by atoms with van der Waals surface area (Å²) < 4.78 is 0. The van der Waals surface area contributed by atoms with Crippen molar-refractivity contribution in [3.63, 3.8) is 0 Å². The van der Waals surface area contributed by atoms with Crippen molar-refractivity contribution in [3.8, 4) is 0 Å². The molecular formula is C38H31N3O. The van der Waals surface area contributed by atoms with Crippen LogP contribution in [0.1, 0.15) is 40.8 Å². The van der Waals surface area contributed by atoms with Gasteiger partial charge in [-0.2, -0.15) is 10.1 Å². The van der Waals surface area contributed by atoms with E-state index in [0.717, 1.165) is 50.2 Å². The van der Waals surface area contributed by atoms with E-state index >= 15 is 4.79 Å². The second kappa shape index (κ2) is 10.6. The lowest BCUT2D eigenvalue weighted by atomic mass is 9.68. The Morgan fingerprint density at radius 2 is 1.21 bits per heavy atom. The van der Waals surface area contributed by atoms with E-state index in [4.69, 9.17) is 5.10 Å². The molecule has 1 N–H and O–H groups in total. The van der Waals surface area contributed by atoms with Crippen LogP contribution in [-0.4, -0.2) is 16.6 Å². The fourth-order valence-corrected chi connectivity index (χ4v) is 6.50. The number of hydrazone groups is 1. The number of hydrogen-bond acceptors (Lipinski definition) is 2. The molecule has 1 amide bonds. The van der Waals surface area contributed by atoms with E-state index in [2.05, 4.69) is 83.8 Å². The molecule has 0 saturated carbocycles. The Hall–Kier alpha value is -5.22. The Morgan fingerprint density at radius 1 is 0.690 bits per heavy atom. The van der Waals surface area contributed by atoms with E-state index in [9.17, 15) is 0 Å². The minimum absolute atomic E-state index is 0.0408. The standard InChI is InChI=1S/C38H31N3O/c1-27-38(26-28-16-6-2-7-17-28,37(42)41(40-27)31-22-12-5-13-23-31)35-32-24-14-15-25-33(32)39-36(35)34(29-18-8-3-9-19-29)30-20-10-4-11-21-30/h2-25,34,39H,26H2,1H3/t38-/m1/s1. The molecule has 0 spiro atoms. The normalized spacial score (nSPS) is 16.8. The number of para-hydroxylation sites is 2. The van der Waals surface area contributed by atoms with E-state index in [0.29, 0.717) is 6.42 Å². The summed E-state index contributed by atoms with van der Waals surface area (Å²) in [6, 6.07) is 49.5. The number of benzene rings is 5. The quantitative estimate of drug-likeness (QED) is 0.216. The number of hydrogen-bond donors (Lipinski definition) is 1. The predicted molar refractivity (Wildman–Crippen MR) is 171 cm³/mol. The number of nitrogens with one attached hydrogen (secondary N) is 1. The van der Waals surface area contributed by atoms with Crippen LogP contribution in [-0.2, 0) is 16.6 Å². The van der Waals surface area contributed by atoms with Gasteiger partial charge in [0.1, 0.15) is 5.41 Å². The van der Waals surface area contributed by atoms with Crippen molar-refractivity contribution in [1.82, 2.24) is 4.98 Å². The summed E-state index contributed by atoms with van der Waals surface area (Å²) in [6.07, 6.45) is 0.497. The maximum atomic E-state index is 15.0. The number of aromatic amines is 1. The molecule has 1 aliphatic rings. The van der Waals surface area contributed by atoms with Gasteiger partial charge in [0.05, 0.1) is 11.4 Å². The van der Waals surface area contributed by atoms with Crippen molar-refractivity contribution in [2.75, 3.05) is 5.01 Å². The van der Waals surface area contributed by atoms with Crippen LogP contribution in [0.3, 0.4) is 0 Å². The Morgan fingerprint density at radius 3 is 1.83 bits per heavy atom. The number of nitrogens with zero attached hydrogens (tertiary/aromatic N) is 2. The molecule has 0 radical (unpaired) electrons. The van der Waals surface area contributed by atoms with Gasteiger partial charge in [0.15, 0.2) is 0 Å². The molecule has 0 saturated heterocycles. The summed E-state index contributed by atoms with van der Waals surface area (Å²) >= 11 is 0. The number of rotatable bonds is 7. The topological polar surface area (TPSA) is 48.5 Å². The summed E-state index contributed by atoms with van der Waals surface area (Å²) in [5.41, 5.74) is 6.94. The molecule has 1 aliphatic heterocycles. The Labute approximate surface area is 246 Å². The Balaban J connectivity index is 1.54. The number of carbonyl (C=O) groups is 1. The van der Waals surface area contributed by atoms with Gasteiger partial charge in [-0.05, 0) is 48.2 Å². The highest BCUT2D eigenvalue weighted by atomic mass is 16.2. The number of aromatic nitrogens is 1. The van der Waals surface area contributed by atoms with Crippen LogP contribution in [0.15, 0.2) is 151 Å². The minimum atomic E-state index is -1.02. The molecule has 204 valence electrons. The second-order valence-electron chi connectivity index (χ2n) is 10.9. The SMILES string of the molecule is CC1=NN(c2ccccc2)C(=O)[C@@]1(Cc1ccccc1)c1c(C(c2ccccc2)c2ccccc2)[nH]c2ccccc12. The van der Waals surface area contributed by atoms with Crippen molar-refractivity contribution < 1.29 is 4.79 Å². The first-order chi connectivity index (χ1) is 20.7. The van der Waals surface area contributed by atoms with Gasteiger partial charge in [-0.25, -0.2) is 0 Å². The van der Waals surface area contributed by atoms with Crippen LogP contribution >= 0.6 is 0 Å². The van der Waals surface area contributed by atoms with Crippen LogP contribution in [0.25, 0.3) is 10.9 Å². The summed E-state index contributed by atoms with van der Waals surface area (Å²) in [6.45, 7) is 2.01. The Bertz CT molecular complexity index is 1840. The number of carbonyl (C=O) groups excluding carboxylic acids is 1. The van der Waals surface area contributed by atoms with Crippen molar-refractivity contribution in [2.24, 2.45) is 5.10 Å². The van der Waals surface area contributed by atoms with E-state index in [-0.39, 0.29) is 11.8 Å². The minimum Gasteiger partial charge on any atom is -0.357 e. The summed E-state index contributed by atoms with van der Waals surface area (Å²) in [7, 11) is 0. The average Bonchev–Trinajstić information content (AvgIpc) is 3.54. The third kappa shape index (κ3) is 4.24. The molecule has 0 aliphatic carbocycles. The maximum Gasteiger partial charge on any atom is 0.264 e. The van der Waals surface area contributed by atoms with E-state index in [1.165, 1.54) is 0 Å². The summed E-state index contributed by atoms with van der Waals surface area (Å²) in [5.74, 6) is -0.158. The first-order valence-corrected chi connectivity index (χ1v) is 14.4. The molecule has 5 aromatic carbocycles. The first kappa shape index (κ1) is 25.7. The first-order valence-electron chi connectivity index (χ1n) is 14.4. The highest BCUT2D eigenvalue weighted by Gasteiger charge is 2.53. The van der Waals surface area contributed by atoms with Crippen LogP contribution in [0.5, 0.6) is 0 Å². The Kier molecular flexibility index (Phi) is 6.52. The third-order valence-electron chi connectivity index (χ3n) is 8.45. The van der Waals surface area contributed by atoms with Gasteiger partial charge in [-0.1, -0.05) is 127 Å². The molecule has 4 heteroatoms. The van der Waals surface area contributed by atoms with Crippen LogP contribution in [0.4, 0.5) is 5.69 Å². The molecular weight excluding hydrogens is 514 g/mol. The number of amides is 1. The number of H-pyrrole nitrogens is 1. The van der Waals surface area contributed by atoms with Gasteiger partial charge in [-0.3, -0.25) is 4.79 Å². The van der Waals surface area contributed by atoms with Gasteiger partial charge in [0, 0.05) is 28.1 Å². The molecule has 1 aromatic heterocycles. The fourth-order valence-electron chi connectivity index (χ4n) is 6.50. The van der Waals surface area contributed by atoms with E-state index in [1.807, 2.05) is 73.7 Å². The van der Waals surface area contributed by atoms with Gasteiger partial charge in [-0.15, -0.1) is 0 Å². The third-order valence-corrected chi connectivity index (χ3v) is 8.45. The number of anilines is 1. The van der Waals surface area contributed by atoms with Gasteiger partial charge in [0.25, 0.3) is 5.91 Å². The van der Waals surface area contributed by atoms with Gasteiger partial charge >= 0.3 is 0 Å². The second-order valence-corrected chi connectivity index (χ2v) is 10.9. The van der Waals surface area contributed by atoms with Crippen molar-refractivity contribution in [1.29, 1.82) is 0 Å². The highest BCUT2D eigenvalue weighted by Crippen LogP contribution is 2.47. The van der Waals surface area contributed by atoms with Gasteiger partial charge < -0.3 is 4.98 Å². The van der Waals surface area contributed by atoms with Crippen molar-refractivity contribution in [3.05, 3.63) is 174 Å². The molecule has 0 unspecified atom stereocenters. The van der Waals surface area contributed by atoms with Crippen molar-refractivity contribution in [2.45, 2.75) is 24.7 Å². The van der Waals surface area contributed by atoms with Gasteiger partial charge in [0.2, 0.25) is 0 Å².